The Bertz CT molecular complexity index is 816. The van der Waals surface area contributed by atoms with E-state index in [2.05, 4.69) is 25.1 Å². The van der Waals surface area contributed by atoms with E-state index < -0.39 is 34.6 Å². The van der Waals surface area contributed by atoms with E-state index in [9.17, 15) is 38.1 Å². The molecule has 0 heterocycles. The predicted octanol–water partition coefficient (Wildman–Crippen LogP) is 4.16. The quantitative estimate of drug-likeness (QED) is 0.535. The van der Waals surface area contributed by atoms with Gasteiger partial charge < -0.3 is 15.3 Å². The summed E-state index contributed by atoms with van der Waals surface area (Å²) in [5, 5.41) is 29.3. The van der Waals surface area contributed by atoms with Crippen molar-refractivity contribution in [3.63, 3.8) is 0 Å². The average molecular weight is 495 g/mol. The molecule has 9 heteroatoms. The third-order valence-corrected chi connectivity index (χ3v) is 9.60. The summed E-state index contributed by atoms with van der Waals surface area (Å²) < 4.78 is 32.8. The Morgan fingerprint density at radius 2 is 1.79 bits per heavy atom. The van der Waals surface area contributed by atoms with Crippen molar-refractivity contribution in [1.29, 1.82) is 0 Å². The van der Waals surface area contributed by atoms with E-state index in [0.29, 0.717) is 12.3 Å². The van der Waals surface area contributed by atoms with Gasteiger partial charge in [0.25, 0.3) is 0 Å². The summed E-state index contributed by atoms with van der Waals surface area (Å²) in [7, 11) is 0. The molecule has 0 radical (unpaired) electrons. The van der Waals surface area contributed by atoms with Crippen molar-refractivity contribution in [2.24, 2.45) is 34.5 Å². The number of hydrogen-bond donors (Lipinski definition) is 3. The Balaban J connectivity index is 0.000000383. The smallest absolute Gasteiger partial charge is 0.393 e. The van der Waals surface area contributed by atoms with Gasteiger partial charge in [0.15, 0.2) is 5.78 Å². The molecule has 0 amide bonds. The Morgan fingerprint density at radius 3 is 2.33 bits per heavy atom. The molecule has 5 nitrogen and oxygen atoms in total. The molecule has 0 aromatic rings. The van der Waals surface area contributed by atoms with Crippen LogP contribution < -0.4 is 0 Å². The Morgan fingerprint density at radius 1 is 1.18 bits per heavy atom. The molecule has 3 N–H and O–H groups in total. The first-order valence-corrected chi connectivity index (χ1v) is 12.0. The summed E-state index contributed by atoms with van der Waals surface area (Å²) >= 11 is 4.43. The number of carbonyl (C=O) groups excluding carboxylic acids is 2. The third kappa shape index (κ3) is 4.30. The minimum Gasteiger partial charge on any atom is -0.393 e. The van der Waals surface area contributed by atoms with E-state index in [-0.39, 0.29) is 41.5 Å². The summed E-state index contributed by atoms with van der Waals surface area (Å²) in [4.78, 5) is 25.7. The largest absolute Gasteiger partial charge is 0.426 e. The normalized spacial score (nSPS) is 44.6. The van der Waals surface area contributed by atoms with Crippen LogP contribution in [0.4, 0.5) is 13.2 Å². The number of ketones is 2. The van der Waals surface area contributed by atoms with Gasteiger partial charge in [0, 0.05) is 17.8 Å². The molecule has 33 heavy (non-hydrogen) atoms. The highest BCUT2D eigenvalue weighted by Crippen LogP contribution is 2.67. The average Bonchev–Trinajstić information content (AvgIpc) is 2.99. The molecule has 4 aliphatic carbocycles. The van der Waals surface area contributed by atoms with Gasteiger partial charge >= 0.3 is 6.18 Å². The SMILES string of the molecule is C=C(Cl)C(F)(F)F.C[C@]12CC[C@@H](O)C[C@H]1CC[C@@H]1[C@@H]2C(=O)C[C@@]2(C)[C@H]1CC[C@]2(O)C(=O)CO. The second-order valence-corrected chi connectivity index (χ2v) is 11.4. The van der Waals surface area contributed by atoms with Gasteiger partial charge in [0.05, 0.1) is 6.10 Å². The number of aliphatic hydroxyl groups excluding tert-OH is 2. The molecular weight excluding hydrogens is 461 g/mol. The topological polar surface area (TPSA) is 94.8 Å². The molecule has 0 aromatic heterocycles. The highest BCUT2D eigenvalue weighted by atomic mass is 35.5. The maximum Gasteiger partial charge on any atom is 0.426 e. The zero-order valence-corrected chi connectivity index (χ0v) is 19.9. The molecule has 0 bridgehead atoms. The molecule has 4 saturated carbocycles. The van der Waals surface area contributed by atoms with E-state index in [1.807, 2.05) is 6.92 Å². The lowest BCUT2D eigenvalue weighted by atomic mass is 9.44. The van der Waals surface area contributed by atoms with Gasteiger partial charge in [-0.3, -0.25) is 9.59 Å². The lowest BCUT2D eigenvalue weighted by Gasteiger charge is -2.60. The second kappa shape index (κ2) is 8.92. The van der Waals surface area contributed by atoms with Gasteiger partial charge in [0.1, 0.15) is 23.0 Å². The molecule has 0 aromatic carbocycles. The zero-order chi connectivity index (χ0) is 25.0. The Labute approximate surface area is 197 Å². The van der Waals surface area contributed by atoms with Crippen molar-refractivity contribution in [1.82, 2.24) is 0 Å². The highest BCUT2D eigenvalue weighted by Gasteiger charge is 2.68. The van der Waals surface area contributed by atoms with Crippen molar-refractivity contribution >= 4 is 23.2 Å². The fourth-order valence-corrected chi connectivity index (χ4v) is 7.64. The van der Waals surface area contributed by atoms with Crippen LogP contribution >= 0.6 is 11.6 Å². The third-order valence-electron chi connectivity index (χ3n) is 9.39. The maximum absolute atomic E-state index is 13.4. The van der Waals surface area contributed by atoms with Crippen LogP contribution in [0.25, 0.3) is 0 Å². The Kier molecular flexibility index (Phi) is 7.20. The first-order valence-electron chi connectivity index (χ1n) is 11.6. The molecule has 0 spiro atoms. The van der Waals surface area contributed by atoms with Crippen molar-refractivity contribution in [2.75, 3.05) is 6.61 Å². The van der Waals surface area contributed by atoms with Gasteiger partial charge in [-0.25, -0.2) is 0 Å². The molecule has 0 saturated heterocycles. The van der Waals surface area contributed by atoms with Crippen molar-refractivity contribution in [2.45, 2.75) is 83.1 Å². The number of Topliss-reactive ketones (excluding diaryl/α,β-unsaturated/α-hetero) is 2. The van der Waals surface area contributed by atoms with E-state index in [1.165, 1.54) is 0 Å². The van der Waals surface area contributed by atoms with Crippen LogP contribution in [0.15, 0.2) is 11.6 Å². The molecule has 4 fully saturated rings. The lowest BCUT2D eigenvalue weighted by Crippen LogP contribution is -2.62. The molecule has 0 unspecified atom stereocenters. The van der Waals surface area contributed by atoms with Crippen LogP contribution in [0.3, 0.4) is 0 Å². The number of fused-ring (bicyclic) bond motifs is 5. The van der Waals surface area contributed by atoms with E-state index in [0.717, 1.165) is 38.5 Å². The van der Waals surface area contributed by atoms with Crippen LogP contribution in [-0.2, 0) is 9.59 Å². The molecular formula is C24H34ClF3O5. The van der Waals surface area contributed by atoms with Gasteiger partial charge in [-0.15, -0.1) is 0 Å². The number of halogens is 4. The first-order chi connectivity index (χ1) is 15.1. The van der Waals surface area contributed by atoms with Crippen LogP contribution in [0.1, 0.15) is 65.2 Å². The minimum atomic E-state index is -4.43. The molecule has 8 atom stereocenters. The molecule has 0 aliphatic heterocycles. The minimum absolute atomic E-state index is 0.0154. The monoisotopic (exact) mass is 494 g/mol. The highest BCUT2D eigenvalue weighted by molar-refractivity contribution is 6.29. The molecule has 4 aliphatic rings. The standard InChI is InChI=1S/C21H32O5.C3H2ClF3/c1-19-7-5-13(23)9-12(19)3-4-14-15-6-8-21(26,17(25)11-22)20(15,2)10-16(24)18(14)19;1-2(4)3(5,6)7/h12-15,18,22-23,26H,3-11H2,1-2H3;1H2/t12-,13-,14+,15+,18-,19+,20+,21+;/m1./s1. The molecule has 188 valence electrons. The van der Waals surface area contributed by atoms with Gasteiger partial charge in [0.2, 0.25) is 0 Å². The lowest BCUT2D eigenvalue weighted by molar-refractivity contribution is -0.180. The van der Waals surface area contributed by atoms with Crippen LogP contribution in [-0.4, -0.2) is 51.4 Å². The van der Waals surface area contributed by atoms with Gasteiger partial charge in [-0.2, -0.15) is 13.2 Å². The predicted molar refractivity (Wildman–Crippen MR) is 116 cm³/mol. The van der Waals surface area contributed by atoms with E-state index in [1.54, 1.807) is 0 Å². The van der Waals surface area contributed by atoms with Crippen LogP contribution in [0, 0.1) is 34.5 Å². The number of aliphatic hydroxyl groups is 3. The summed E-state index contributed by atoms with van der Waals surface area (Å²) in [5.74, 6) is 0.380. The van der Waals surface area contributed by atoms with Crippen molar-refractivity contribution in [3.05, 3.63) is 11.6 Å². The Hall–Kier alpha value is -0.960. The van der Waals surface area contributed by atoms with Crippen molar-refractivity contribution in [3.8, 4) is 0 Å². The van der Waals surface area contributed by atoms with Gasteiger partial charge in [-0.1, -0.05) is 32.0 Å². The number of rotatable bonds is 2. The van der Waals surface area contributed by atoms with E-state index in [4.69, 9.17) is 0 Å². The fourth-order valence-electron chi connectivity index (χ4n) is 7.64. The summed E-state index contributed by atoms with van der Waals surface area (Å²) in [5.41, 5.74) is -2.40. The summed E-state index contributed by atoms with van der Waals surface area (Å²) in [6, 6.07) is 0. The summed E-state index contributed by atoms with van der Waals surface area (Å²) in [6.07, 6.45) is 1.04. The number of alkyl halides is 3. The number of allylic oxidation sites excluding steroid dienone is 1. The summed E-state index contributed by atoms with van der Waals surface area (Å²) in [6.45, 7) is 5.93. The van der Waals surface area contributed by atoms with Crippen LogP contribution in [0.5, 0.6) is 0 Å². The maximum atomic E-state index is 13.4. The molecule has 4 rings (SSSR count). The fraction of sp³-hybridized carbons (Fsp3) is 0.833. The number of carbonyl (C=O) groups is 2. The second-order valence-electron chi connectivity index (χ2n) is 10.9. The van der Waals surface area contributed by atoms with Gasteiger partial charge in [-0.05, 0) is 68.1 Å². The van der Waals surface area contributed by atoms with Crippen LogP contribution in [0.2, 0.25) is 0 Å². The van der Waals surface area contributed by atoms with Crippen molar-refractivity contribution < 1.29 is 38.1 Å². The van der Waals surface area contributed by atoms with E-state index >= 15 is 0 Å². The first kappa shape index (κ1) is 26.6. The number of hydrogen-bond acceptors (Lipinski definition) is 5. The zero-order valence-electron chi connectivity index (χ0n) is 19.1.